The van der Waals surface area contributed by atoms with Gasteiger partial charge in [0.05, 0.1) is 12.7 Å². The Labute approximate surface area is 139 Å². The molecule has 23 heavy (non-hydrogen) atoms. The number of ether oxygens (including phenoxy) is 2. The lowest BCUT2D eigenvalue weighted by atomic mass is 10.0. The van der Waals surface area contributed by atoms with Crippen LogP contribution in [0, 0.1) is 5.92 Å². The van der Waals surface area contributed by atoms with Crippen LogP contribution in [0.15, 0.2) is 24.3 Å². The Morgan fingerprint density at radius 3 is 2.65 bits per heavy atom. The van der Waals surface area contributed by atoms with Gasteiger partial charge in [-0.15, -0.1) is 0 Å². The molecule has 0 aliphatic carbocycles. The highest BCUT2D eigenvalue weighted by molar-refractivity contribution is 5.89. The van der Waals surface area contributed by atoms with E-state index in [0.29, 0.717) is 29.8 Å². The van der Waals surface area contributed by atoms with Crippen LogP contribution in [-0.4, -0.2) is 43.5 Å². The maximum atomic E-state index is 11.5. The van der Waals surface area contributed by atoms with E-state index in [2.05, 4.69) is 30.8 Å². The minimum atomic E-state index is -0.599. The predicted molar refractivity (Wildman–Crippen MR) is 90.8 cm³/mol. The number of rotatable bonds is 10. The number of aliphatic hydroxyl groups is 1. The van der Waals surface area contributed by atoms with Gasteiger partial charge in [-0.1, -0.05) is 19.9 Å². The highest BCUT2D eigenvalue weighted by Crippen LogP contribution is 2.14. The van der Waals surface area contributed by atoms with Crippen LogP contribution in [0.25, 0.3) is 0 Å². The second-order valence-electron chi connectivity index (χ2n) is 6.26. The molecule has 0 aliphatic heterocycles. The van der Waals surface area contributed by atoms with Gasteiger partial charge >= 0.3 is 5.97 Å². The minimum absolute atomic E-state index is 0.175. The zero-order valence-corrected chi connectivity index (χ0v) is 14.5. The zero-order valence-electron chi connectivity index (χ0n) is 14.5. The van der Waals surface area contributed by atoms with Gasteiger partial charge in [0.1, 0.15) is 18.5 Å². The summed E-state index contributed by atoms with van der Waals surface area (Å²) in [6.07, 6.45) is 1.66. The lowest BCUT2D eigenvalue weighted by Crippen LogP contribution is -2.36. The third-order valence-corrected chi connectivity index (χ3v) is 3.58. The number of benzene rings is 1. The molecule has 2 atom stereocenters. The van der Waals surface area contributed by atoms with Crippen molar-refractivity contribution in [2.24, 2.45) is 5.92 Å². The van der Waals surface area contributed by atoms with Crippen molar-refractivity contribution in [2.75, 3.05) is 20.3 Å². The Kier molecular flexibility index (Phi) is 8.66. The molecule has 1 aromatic rings. The lowest BCUT2D eigenvalue weighted by Gasteiger charge is -2.18. The first-order chi connectivity index (χ1) is 10.9. The van der Waals surface area contributed by atoms with E-state index >= 15 is 0 Å². The fourth-order valence-corrected chi connectivity index (χ4v) is 2.10. The standard InChI is InChI=1S/C18H29NO4/c1-13(2)8-9-14(3)19-11-16(20)12-23-17-7-5-6-15(10-17)18(21)22-4/h5-7,10,13-14,16,19-20H,8-9,11-12H2,1-4H3. The highest BCUT2D eigenvalue weighted by Gasteiger charge is 2.10. The van der Waals surface area contributed by atoms with Crippen molar-refractivity contribution in [3.8, 4) is 5.75 Å². The molecule has 0 radical (unpaired) electrons. The van der Waals surface area contributed by atoms with Crippen LogP contribution in [0.3, 0.4) is 0 Å². The zero-order chi connectivity index (χ0) is 17.2. The van der Waals surface area contributed by atoms with E-state index in [4.69, 9.17) is 4.74 Å². The SMILES string of the molecule is COC(=O)c1cccc(OCC(O)CNC(C)CCC(C)C)c1. The summed E-state index contributed by atoms with van der Waals surface area (Å²) in [5, 5.41) is 13.3. The van der Waals surface area contributed by atoms with Crippen molar-refractivity contribution < 1.29 is 19.4 Å². The molecule has 0 amide bonds. The fraction of sp³-hybridized carbons (Fsp3) is 0.611. The van der Waals surface area contributed by atoms with Gasteiger partial charge in [-0.05, 0) is 43.9 Å². The molecular formula is C18H29NO4. The molecule has 2 N–H and O–H groups in total. The molecule has 5 heteroatoms. The number of hydrogen-bond donors (Lipinski definition) is 2. The summed E-state index contributed by atoms with van der Waals surface area (Å²) < 4.78 is 10.2. The Balaban J connectivity index is 2.33. The number of methoxy groups -OCH3 is 1. The molecule has 0 saturated heterocycles. The number of carbonyl (C=O) groups excluding carboxylic acids is 1. The van der Waals surface area contributed by atoms with Crippen LogP contribution in [0.5, 0.6) is 5.75 Å². The number of hydrogen-bond acceptors (Lipinski definition) is 5. The maximum Gasteiger partial charge on any atom is 0.337 e. The summed E-state index contributed by atoms with van der Waals surface area (Å²) in [6.45, 7) is 7.19. The molecule has 5 nitrogen and oxygen atoms in total. The Morgan fingerprint density at radius 2 is 2.00 bits per heavy atom. The van der Waals surface area contributed by atoms with E-state index in [-0.39, 0.29) is 6.61 Å². The quantitative estimate of drug-likeness (QED) is 0.648. The van der Waals surface area contributed by atoms with Crippen LogP contribution in [0.1, 0.15) is 44.0 Å². The van der Waals surface area contributed by atoms with Crippen LogP contribution in [0.2, 0.25) is 0 Å². The Hall–Kier alpha value is -1.59. The molecule has 0 aromatic heterocycles. The van der Waals surface area contributed by atoms with Gasteiger partial charge in [-0.25, -0.2) is 4.79 Å². The number of carbonyl (C=O) groups is 1. The molecule has 0 saturated carbocycles. The Morgan fingerprint density at radius 1 is 1.26 bits per heavy atom. The second kappa shape index (κ2) is 10.2. The molecule has 0 fully saturated rings. The maximum absolute atomic E-state index is 11.5. The lowest BCUT2D eigenvalue weighted by molar-refractivity contribution is 0.0600. The first-order valence-corrected chi connectivity index (χ1v) is 8.15. The fourth-order valence-electron chi connectivity index (χ4n) is 2.10. The molecule has 0 spiro atoms. The summed E-state index contributed by atoms with van der Waals surface area (Å²) in [4.78, 5) is 11.5. The Bertz CT molecular complexity index is 476. The summed E-state index contributed by atoms with van der Waals surface area (Å²) >= 11 is 0. The predicted octanol–water partition coefficient (Wildman–Crippen LogP) is 2.63. The third kappa shape index (κ3) is 8.00. The van der Waals surface area contributed by atoms with Crippen LogP contribution < -0.4 is 10.1 Å². The van der Waals surface area contributed by atoms with E-state index in [1.54, 1.807) is 24.3 Å². The normalized spacial score (nSPS) is 13.7. The van der Waals surface area contributed by atoms with E-state index < -0.39 is 12.1 Å². The smallest absolute Gasteiger partial charge is 0.337 e. The van der Waals surface area contributed by atoms with Crippen molar-refractivity contribution in [2.45, 2.75) is 45.8 Å². The molecule has 0 bridgehead atoms. The minimum Gasteiger partial charge on any atom is -0.491 e. The number of nitrogens with one attached hydrogen (secondary N) is 1. The van der Waals surface area contributed by atoms with Crippen LogP contribution in [0.4, 0.5) is 0 Å². The van der Waals surface area contributed by atoms with Gasteiger partial charge in [0.15, 0.2) is 0 Å². The average molecular weight is 323 g/mol. The van der Waals surface area contributed by atoms with E-state index in [1.807, 2.05) is 0 Å². The summed E-state index contributed by atoms with van der Waals surface area (Å²) in [5.41, 5.74) is 0.430. The molecule has 1 aromatic carbocycles. The summed E-state index contributed by atoms with van der Waals surface area (Å²) in [6, 6.07) is 7.11. The van der Waals surface area contributed by atoms with Gasteiger partial charge in [0.2, 0.25) is 0 Å². The van der Waals surface area contributed by atoms with Gasteiger partial charge in [-0.2, -0.15) is 0 Å². The molecule has 2 unspecified atom stereocenters. The van der Waals surface area contributed by atoms with Crippen molar-refractivity contribution in [1.29, 1.82) is 0 Å². The second-order valence-corrected chi connectivity index (χ2v) is 6.26. The first kappa shape index (κ1) is 19.5. The largest absolute Gasteiger partial charge is 0.491 e. The average Bonchev–Trinajstić information content (AvgIpc) is 2.55. The molecule has 1 rings (SSSR count). The van der Waals surface area contributed by atoms with Gasteiger partial charge in [0.25, 0.3) is 0 Å². The third-order valence-electron chi connectivity index (χ3n) is 3.58. The topological polar surface area (TPSA) is 67.8 Å². The molecular weight excluding hydrogens is 294 g/mol. The van der Waals surface area contributed by atoms with Crippen LogP contribution in [-0.2, 0) is 4.74 Å². The van der Waals surface area contributed by atoms with Crippen molar-refractivity contribution in [1.82, 2.24) is 5.32 Å². The van der Waals surface area contributed by atoms with Crippen molar-refractivity contribution in [3.63, 3.8) is 0 Å². The van der Waals surface area contributed by atoms with Gasteiger partial charge < -0.3 is 19.9 Å². The number of aliphatic hydroxyl groups excluding tert-OH is 1. The van der Waals surface area contributed by atoms with Gasteiger partial charge in [0, 0.05) is 12.6 Å². The van der Waals surface area contributed by atoms with Crippen molar-refractivity contribution in [3.05, 3.63) is 29.8 Å². The van der Waals surface area contributed by atoms with Crippen LogP contribution >= 0.6 is 0 Å². The molecule has 0 aliphatic rings. The first-order valence-electron chi connectivity index (χ1n) is 8.15. The number of esters is 1. The molecule has 0 heterocycles. The monoisotopic (exact) mass is 323 g/mol. The highest BCUT2D eigenvalue weighted by atomic mass is 16.5. The van der Waals surface area contributed by atoms with E-state index in [9.17, 15) is 9.90 Å². The van der Waals surface area contributed by atoms with E-state index in [1.165, 1.54) is 13.5 Å². The van der Waals surface area contributed by atoms with E-state index in [0.717, 1.165) is 6.42 Å². The van der Waals surface area contributed by atoms with Gasteiger partial charge in [-0.3, -0.25) is 0 Å². The van der Waals surface area contributed by atoms with Crippen molar-refractivity contribution >= 4 is 5.97 Å². The summed E-state index contributed by atoms with van der Waals surface area (Å²) in [7, 11) is 1.34. The summed E-state index contributed by atoms with van der Waals surface area (Å²) in [5.74, 6) is 0.825. The molecule has 130 valence electrons.